The van der Waals surface area contributed by atoms with E-state index < -0.39 is 10.1 Å². The SMILES string of the molecule is COc1cc(C=Cc2ccc3ccccc3[n+]2C)ccc1O.COc1ccc(S(=O)(=O)[O-])cc1. The Bertz CT molecular complexity index is 1410. The van der Waals surface area contributed by atoms with Crippen molar-refractivity contribution in [2.45, 2.75) is 4.90 Å². The molecule has 0 atom stereocenters. The predicted octanol–water partition coefficient (Wildman–Crippen LogP) is 4.15. The van der Waals surface area contributed by atoms with Crippen LogP contribution in [0.4, 0.5) is 0 Å². The smallest absolute Gasteiger partial charge is 0.212 e. The van der Waals surface area contributed by atoms with E-state index >= 15 is 0 Å². The molecule has 0 radical (unpaired) electrons. The number of para-hydroxylation sites is 1. The van der Waals surface area contributed by atoms with Crippen LogP contribution in [0.15, 0.2) is 83.8 Å². The molecule has 8 heteroatoms. The van der Waals surface area contributed by atoms with E-state index in [1.54, 1.807) is 13.2 Å². The minimum absolute atomic E-state index is 0.149. The molecule has 34 heavy (non-hydrogen) atoms. The summed E-state index contributed by atoms with van der Waals surface area (Å²) in [6.45, 7) is 0. The summed E-state index contributed by atoms with van der Waals surface area (Å²) < 4.78 is 43.4. The van der Waals surface area contributed by atoms with Gasteiger partial charge in [-0.25, -0.2) is 8.42 Å². The Morgan fingerprint density at radius 3 is 2.24 bits per heavy atom. The van der Waals surface area contributed by atoms with Crippen LogP contribution in [-0.2, 0) is 17.2 Å². The van der Waals surface area contributed by atoms with Gasteiger partial charge in [-0.05, 0) is 60.2 Å². The standard InChI is InChI=1S/C19H17NO2.C7H8O4S/c1-20-16(11-9-15-5-3-4-6-17(15)20)10-7-14-8-12-18(21)19(13-14)22-2;1-11-6-2-4-7(5-3-6)12(8,9)10/h3-13H,1-2H3;2-5H,1H3,(H,8,9,10). The highest BCUT2D eigenvalue weighted by atomic mass is 32.2. The minimum Gasteiger partial charge on any atom is -0.744 e. The van der Waals surface area contributed by atoms with Gasteiger partial charge in [-0.1, -0.05) is 18.2 Å². The Morgan fingerprint density at radius 2 is 1.59 bits per heavy atom. The van der Waals surface area contributed by atoms with Crippen molar-refractivity contribution in [2.75, 3.05) is 14.2 Å². The van der Waals surface area contributed by atoms with Crippen molar-refractivity contribution in [3.63, 3.8) is 0 Å². The van der Waals surface area contributed by atoms with Crippen molar-refractivity contribution in [3.8, 4) is 17.2 Å². The molecule has 4 rings (SSSR count). The first-order valence-electron chi connectivity index (χ1n) is 10.3. The lowest BCUT2D eigenvalue weighted by molar-refractivity contribution is -0.646. The maximum Gasteiger partial charge on any atom is 0.212 e. The van der Waals surface area contributed by atoms with Gasteiger partial charge < -0.3 is 19.1 Å². The summed E-state index contributed by atoms with van der Waals surface area (Å²) in [5.41, 5.74) is 3.27. The highest BCUT2D eigenvalue weighted by Crippen LogP contribution is 2.27. The number of rotatable bonds is 5. The molecule has 0 bridgehead atoms. The van der Waals surface area contributed by atoms with Crippen molar-refractivity contribution < 1.29 is 32.1 Å². The lowest BCUT2D eigenvalue weighted by atomic mass is 10.1. The first-order valence-corrected chi connectivity index (χ1v) is 11.7. The van der Waals surface area contributed by atoms with Crippen LogP contribution in [0.5, 0.6) is 17.2 Å². The number of ether oxygens (including phenoxy) is 2. The van der Waals surface area contributed by atoms with Crippen molar-refractivity contribution in [1.82, 2.24) is 0 Å². The molecule has 0 saturated carbocycles. The molecule has 1 N–H and O–H groups in total. The molecule has 0 aliphatic rings. The van der Waals surface area contributed by atoms with Gasteiger partial charge in [-0.15, -0.1) is 0 Å². The molecule has 0 aliphatic carbocycles. The normalized spacial score (nSPS) is 11.2. The summed E-state index contributed by atoms with van der Waals surface area (Å²) in [6.07, 6.45) is 4.06. The Balaban J connectivity index is 0.000000229. The number of methoxy groups -OCH3 is 2. The highest BCUT2D eigenvalue weighted by molar-refractivity contribution is 7.85. The average Bonchev–Trinajstić information content (AvgIpc) is 2.84. The van der Waals surface area contributed by atoms with Gasteiger partial charge >= 0.3 is 0 Å². The van der Waals surface area contributed by atoms with Crippen LogP contribution in [-0.4, -0.2) is 32.3 Å². The van der Waals surface area contributed by atoms with Crippen LogP contribution in [0.1, 0.15) is 11.3 Å². The molecular formula is C26H25NO6S. The number of benzene rings is 3. The summed E-state index contributed by atoms with van der Waals surface area (Å²) in [4.78, 5) is -0.247. The number of phenolic OH excluding ortho intramolecular Hbond substituents is 1. The maximum absolute atomic E-state index is 10.4. The number of pyridine rings is 1. The van der Waals surface area contributed by atoms with E-state index in [9.17, 15) is 18.1 Å². The first-order chi connectivity index (χ1) is 16.2. The van der Waals surface area contributed by atoms with Gasteiger partial charge in [0.25, 0.3) is 0 Å². The van der Waals surface area contributed by atoms with Crippen molar-refractivity contribution >= 4 is 33.2 Å². The molecule has 7 nitrogen and oxygen atoms in total. The van der Waals surface area contributed by atoms with E-state index in [-0.39, 0.29) is 10.6 Å². The van der Waals surface area contributed by atoms with E-state index in [0.717, 1.165) is 11.3 Å². The second kappa shape index (κ2) is 10.8. The average molecular weight is 480 g/mol. The molecule has 0 unspecified atom stereocenters. The van der Waals surface area contributed by atoms with Crippen LogP contribution in [0, 0.1) is 0 Å². The molecule has 0 saturated heterocycles. The fourth-order valence-corrected chi connectivity index (χ4v) is 3.72. The fraction of sp³-hybridized carbons (Fsp3) is 0.115. The van der Waals surface area contributed by atoms with Crippen LogP contribution in [0.3, 0.4) is 0 Å². The second-order valence-electron chi connectivity index (χ2n) is 7.27. The summed E-state index contributed by atoms with van der Waals surface area (Å²) >= 11 is 0. The van der Waals surface area contributed by atoms with Crippen molar-refractivity contribution in [2.24, 2.45) is 7.05 Å². The zero-order valence-electron chi connectivity index (χ0n) is 19.0. The quantitative estimate of drug-likeness (QED) is 0.341. The number of aromatic nitrogens is 1. The molecule has 176 valence electrons. The molecule has 0 fully saturated rings. The summed E-state index contributed by atoms with van der Waals surface area (Å²) in [7, 11) is 0.728. The number of aromatic hydroxyl groups is 1. The third-order valence-corrected chi connectivity index (χ3v) is 5.97. The van der Waals surface area contributed by atoms with Crippen molar-refractivity contribution in [1.29, 1.82) is 0 Å². The number of aryl methyl sites for hydroxylation is 1. The number of hydrogen-bond donors (Lipinski definition) is 1. The van der Waals surface area contributed by atoms with Gasteiger partial charge in [0.15, 0.2) is 11.5 Å². The maximum atomic E-state index is 10.4. The monoisotopic (exact) mass is 479 g/mol. The fourth-order valence-electron chi connectivity index (χ4n) is 3.25. The van der Waals surface area contributed by atoms with Gasteiger partial charge in [-0.3, -0.25) is 0 Å². The summed E-state index contributed by atoms with van der Waals surface area (Å²) in [5.74, 6) is 1.14. The summed E-state index contributed by atoms with van der Waals surface area (Å²) in [6, 6.07) is 23.1. The summed E-state index contributed by atoms with van der Waals surface area (Å²) in [5, 5.41) is 10.8. The number of fused-ring (bicyclic) bond motifs is 1. The third kappa shape index (κ3) is 6.12. The number of nitrogens with zero attached hydrogens (tertiary/aromatic N) is 1. The first kappa shape index (κ1) is 24.8. The Morgan fingerprint density at radius 1 is 0.882 bits per heavy atom. The Kier molecular flexibility index (Phi) is 7.88. The van der Waals surface area contributed by atoms with Gasteiger partial charge in [-0.2, -0.15) is 4.57 Å². The Hall–Kier alpha value is -3.88. The van der Waals surface area contributed by atoms with Crippen LogP contribution >= 0.6 is 0 Å². The number of phenols is 1. The largest absolute Gasteiger partial charge is 0.744 e. The van der Waals surface area contributed by atoms with Gasteiger partial charge in [0.05, 0.1) is 19.1 Å². The third-order valence-electron chi connectivity index (χ3n) is 5.12. The van der Waals surface area contributed by atoms with Crippen LogP contribution in [0.2, 0.25) is 0 Å². The molecule has 0 aliphatic heterocycles. The minimum atomic E-state index is -4.33. The lowest BCUT2D eigenvalue weighted by Gasteiger charge is -2.06. The van der Waals surface area contributed by atoms with Gasteiger partial charge in [0, 0.05) is 23.6 Å². The lowest BCUT2D eigenvalue weighted by Crippen LogP contribution is -2.32. The van der Waals surface area contributed by atoms with E-state index in [0.29, 0.717) is 11.5 Å². The van der Waals surface area contributed by atoms with Crippen LogP contribution < -0.4 is 14.0 Å². The zero-order valence-corrected chi connectivity index (χ0v) is 19.8. The van der Waals surface area contributed by atoms with E-state index in [2.05, 4.69) is 42.0 Å². The molecule has 0 spiro atoms. The predicted molar refractivity (Wildman–Crippen MR) is 130 cm³/mol. The van der Waals surface area contributed by atoms with Crippen molar-refractivity contribution in [3.05, 3.63) is 90.1 Å². The Labute approximate surface area is 198 Å². The molecule has 1 heterocycles. The highest BCUT2D eigenvalue weighted by Gasteiger charge is 2.08. The molecule has 1 aromatic heterocycles. The topological polar surface area (TPSA) is 99.8 Å². The number of hydrogen-bond acceptors (Lipinski definition) is 6. The second-order valence-corrected chi connectivity index (χ2v) is 8.65. The van der Waals surface area contributed by atoms with E-state index in [1.807, 2.05) is 30.3 Å². The van der Waals surface area contributed by atoms with E-state index in [1.165, 1.54) is 42.3 Å². The molecule has 3 aromatic carbocycles. The zero-order chi connectivity index (χ0) is 24.7. The van der Waals surface area contributed by atoms with E-state index in [4.69, 9.17) is 9.47 Å². The molecular weight excluding hydrogens is 454 g/mol. The molecule has 0 amide bonds. The molecule has 4 aromatic rings. The van der Waals surface area contributed by atoms with Gasteiger partial charge in [0.2, 0.25) is 11.2 Å². The van der Waals surface area contributed by atoms with Gasteiger partial charge in [0.1, 0.15) is 22.9 Å². The van der Waals surface area contributed by atoms with Crippen LogP contribution in [0.25, 0.3) is 23.1 Å².